The maximum atomic E-state index is 13.8. The highest BCUT2D eigenvalue weighted by atomic mass is 19.4. The fourth-order valence-electron chi connectivity index (χ4n) is 5.71. The highest BCUT2D eigenvalue weighted by Gasteiger charge is 2.48. The van der Waals surface area contributed by atoms with Gasteiger partial charge in [0.25, 0.3) is 0 Å². The SMILES string of the molecule is CC(C)C(C(=O)N[C@@H](CC(=O)O)C(=O)N1CCCC1)N(C)C(=O)[C@](C)(CC1CCCCC1)NC(=O)C(F)(F)F. The number of nitrogens with one attached hydrogen (secondary N) is 2. The average molecular weight is 563 g/mol. The number of hydrogen-bond donors (Lipinski definition) is 3. The summed E-state index contributed by atoms with van der Waals surface area (Å²) < 4.78 is 39.6. The molecule has 2 fully saturated rings. The summed E-state index contributed by atoms with van der Waals surface area (Å²) in [6.07, 6.45) is -0.250. The van der Waals surface area contributed by atoms with Crippen LogP contribution in [0.15, 0.2) is 0 Å². The monoisotopic (exact) mass is 562 g/mol. The normalized spacial score (nSPS) is 19.6. The van der Waals surface area contributed by atoms with Gasteiger partial charge in [0.05, 0.1) is 6.42 Å². The lowest BCUT2D eigenvalue weighted by molar-refractivity contribution is -0.177. The van der Waals surface area contributed by atoms with E-state index >= 15 is 0 Å². The van der Waals surface area contributed by atoms with Crippen molar-refractivity contribution in [2.24, 2.45) is 11.8 Å². The van der Waals surface area contributed by atoms with Crippen molar-refractivity contribution in [2.75, 3.05) is 20.1 Å². The van der Waals surface area contributed by atoms with Crippen LogP contribution in [0, 0.1) is 11.8 Å². The number of carbonyl (C=O) groups excluding carboxylic acids is 4. The molecule has 1 saturated heterocycles. The standard InChI is InChI=1S/C26H41F3N4O6/c1-16(2)20(21(36)30-18(14-19(34)35)22(37)33-12-8-9-13-33)32(4)24(39)25(3,31-23(38)26(27,28)29)15-17-10-6-5-7-11-17/h16-18,20H,5-15H2,1-4H3,(H,30,36)(H,31,38)(H,34,35)/t18-,20?,25-/m0/s1. The summed E-state index contributed by atoms with van der Waals surface area (Å²) >= 11 is 0. The van der Waals surface area contributed by atoms with Crippen LogP contribution in [0.1, 0.15) is 78.6 Å². The van der Waals surface area contributed by atoms with Crippen molar-refractivity contribution < 1.29 is 42.3 Å². The molecule has 222 valence electrons. The van der Waals surface area contributed by atoms with Crippen LogP contribution in [0.4, 0.5) is 13.2 Å². The third-order valence-electron chi connectivity index (χ3n) is 7.59. The van der Waals surface area contributed by atoms with E-state index in [1.807, 2.05) is 5.32 Å². The number of carbonyl (C=O) groups is 5. The Labute approximate surface area is 227 Å². The molecule has 0 aromatic heterocycles. The number of aliphatic carboxylic acids is 1. The molecule has 3 atom stereocenters. The molecule has 39 heavy (non-hydrogen) atoms. The maximum Gasteiger partial charge on any atom is 0.471 e. The Bertz CT molecular complexity index is 916. The molecule has 10 nitrogen and oxygen atoms in total. The summed E-state index contributed by atoms with van der Waals surface area (Å²) in [7, 11) is 1.26. The van der Waals surface area contributed by atoms with Gasteiger partial charge >= 0.3 is 18.1 Å². The van der Waals surface area contributed by atoms with E-state index in [2.05, 4.69) is 5.32 Å². The number of carboxylic acids is 1. The summed E-state index contributed by atoms with van der Waals surface area (Å²) in [6.45, 7) is 5.36. The Balaban J connectivity index is 2.31. The lowest BCUT2D eigenvalue weighted by Gasteiger charge is -2.40. The minimum atomic E-state index is -5.21. The second-order valence-electron chi connectivity index (χ2n) is 11.3. The second kappa shape index (κ2) is 13.5. The van der Waals surface area contributed by atoms with Gasteiger partial charge in [-0.2, -0.15) is 13.2 Å². The molecule has 0 radical (unpaired) electrons. The van der Waals surface area contributed by atoms with Crippen LogP contribution in [-0.2, 0) is 24.0 Å². The number of amides is 4. The van der Waals surface area contributed by atoms with Gasteiger partial charge < -0.3 is 25.5 Å². The topological polar surface area (TPSA) is 136 Å². The zero-order valence-corrected chi connectivity index (χ0v) is 23.1. The first-order valence-electron chi connectivity index (χ1n) is 13.5. The zero-order valence-electron chi connectivity index (χ0n) is 23.1. The first kappa shape index (κ1) is 32.4. The van der Waals surface area contributed by atoms with Crippen LogP contribution in [0.3, 0.4) is 0 Å². The predicted molar refractivity (Wildman–Crippen MR) is 135 cm³/mol. The van der Waals surface area contributed by atoms with Crippen LogP contribution in [0.2, 0.25) is 0 Å². The molecule has 0 spiro atoms. The number of halogens is 3. The summed E-state index contributed by atoms with van der Waals surface area (Å²) in [5.41, 5.74) is -1.94. The number of likely N-dealkylation sites (tertiary alicyclic amines) is 1. The minimum Gasteiger partial charge on any atom is -0.481 e. The van der Waals surface area contributed by atoms with Gasteiger partial charge in [-0.25, -0.2) is 0 Å². The van der Waals surface area contributed by atoms with Gasteiger partial charge in [-0.3, -0.25) is 24.0 Å². The smallest absolute Gasteiger partial charge is 0.471 e. The number of rotatable bonds is 11. The molecule has 2 rings (SSSR count). The van der Waals surface area contributed by atoms with E-state index in [0.717, 1.165) is 37.0 Å². The third kappa shape index (κ3) is 8.82. The summed E-state index contributed by atoms with van der Waals surface area (Å²) in [6, 6.07) is -2.61. The van der Waals surface area contributed by atoms with Gasteiger partial charge in [0, 0.05) is 20.1 Å². The van der Waals surface area contributed by atoms with E-state index in [-0.39, 0.29) is 12.3 Å². The molecule has 1 heterocycles. The Morgan fingerprint density at radius 1 is 1.00 bits per heavy atom. The molecule has 2 aliphatic rings. The maximum absolute atomic E-state index is 13.8. The highest BCUT2D eigenvalue weighted by Crippen LogP contribution is 2.33. The molecular weight excluding hydrogens is 521 g/mol. The van der Waals surface area contributed by atoms with Crippen LogP contribution >= 0.6 is 0 Å². The van der Waals surface area contributed by atoms with E-state index < -0.39 is 65.7 Å². The largest absolute Gasteiger partial charge is 0.481 e. The number of nitrogens with zero attached hydrogens (tertiary/aromatic N) is 2. The molecule has 1 unspecified atom stereocenters. The summed E-state index contributed by atoms with van der Waals surface area (Å²) in [5.74, 6) is -6.40. The van der Waals surface area contributed by atoms with Crippen LogP contribution in [0.5, 0.6) is 0 Å². The Hall–Kier alpha value is -2.86. The van der Waals surface area contributed by atoms with Crippen molar-refractivity contribution in [2.45, 2.75) is 102 Å². The summed E-state index contributed by atoms with van der Waals surface area (Å²) in [5, 5.41) is 13.7. The predicted octanol–water partition coefficient (Wildman–Crippen LogP) is 2.46. The fraction of sp³-hybridized carbons (Fsp3) is 0.808. The van der Waals surface area contributed by atoms with Crippen molar-refractivity contribution >= 4 is 29.6 Å². The van der Waals surface area contributed by atoms with Gasteiger partial charge in [-0.05, 0) is 38.0 Å². The number of hydrogen-bond acceptors (Lipinski definition) is 5. The quantitative estimate of drug-likeness (QED) is 0.354. The van der Waals surface area contributed by atoms with Crippen molar-refractivity contribution in [1.29, 1.82) is 0 Å². The lowest BCUT2D eigenvalue weighted by atomic mass is 9.79. The molecule has 0 bridgehead atoms. The zero-order chi connectivity index (χ0) is 29.5. The highest BCUT2D eigenvalue weighted by molar-refractivity contribution is 5.97. The molecule has 0 aromatic rings. The Morgan fingerprint density at radius 3 is 2.05 bits per heavy atom. The molecule has 13 heteroatoms. The van der Waals surface area contributed by atoms with Crippen molar-refractivity contribution in [3.8, 4) is 0 Å². The van der Waals surface area contributed by atoms with E-state index in [9.17, 15) is 42.3 Å². The molecular formula is C26H41F3N4O6. The molecule has 1 aliphatic heterocycles. The average Bonchev–Trinajstić information content (AvgIpc) is 3.37. The number of alkyl halides is 3. The fourth-order valence-corrected chi connectivity index (χ4v) is 5.71. The van der Waals surface area contributed by atoms with Crippen LogP contribution < -0.4 is 10.6 Å². The van der Waals surface area contributed by atoms with E-state index in [1.165, 1.54) is 18.9 Å². The van der Waals surface area contributed by atoms with Gasteiger partial charge in [0.15, 0.2) is 0 Å². The van der Waals surface area contributed by atoms with Crippen molar-refractivity contribution in [1.82, 2.24) is 20.4 Å². The third-order valence-corrected chi connectivity index (χ3v) is 7.59. The Morgan fingerprint density at radius 2 is 1.56 bits per heavy atom. The second-order valence-corrected chi connectivity index (χ2v) is 11.3. The van der Waals surface area contributed by atoms with Gasteiger partial charge in [0.2, 0.25) is 17.7 Å². The van der Waals surface area contributed by atoms with Gasteiger partial charge in [-0.1, -0.05) is 46.0 Å². The van der Waals surface area contributed by atoms with Crippen LogP contribution in [-0.4, -0.2) is 88.4 Å². The van der Waals surface area contributed by atoms with Gasteiger partial charge in [0.1, 0.15) is 17.6 Å². The number of likely N-dealkylation sites (N-methyl/N-ethyl adjacent to an activating group) is 1. The van der Waals surface area contributed by atoms with Crippen molar-refractivity contribution in [3.05, 3.63) is 0 Å². The molecule has 1 aliphatic carbocycles. The molecule has 1 saturated carbocycles. The van der Waals surface area contributed by atoms with E-state index in [4.69, 9.17) is 0 Å². The van der Waals surface area contributed by atoms with E-state index in [0.29, 0.717) is 25.9 Å². The van der Waals surface area contributed by atoms with Crippen LogP contribution in [0.25, 0.3) is 0 Å². The van der Waals surface area contributed by atoms with E-state index in [1.54, 1.807) is 13.8 Å². The first-order valence-corrected chi connectivity index (χ1v) is 13.5. The summed E-state index contributed by atoms with van der Waals surface area (Å²) in [4.78, 5) is 65.9. The number of carboxylic acid groups (broad SMARTS) is 1. The van der Waals surface area contributed by atoms with Gasteiger partial charge in [-0.15, -0.1) is 0 Å². The lowest BCUT2D eigenvalue weighted by Crippen LogP contribution is -2.64. The minimum absolute atomic E-state index is 0.0283. The van der Waals surface area contributed by atoms with Crippen molar-refractivity contribution in [3.63, 3.8) is 0 Å². The molecule has 3 N–H and O–H groups in total. The molecule has 0 aromatic carbocycles. The molecule has 4 amide bonds. The Kier molecular flexibility index (Phi) is 11.2. The first-order chi connectivity index (χ1) is 18.1.